The molecule has 0 saturated heterocycles. The number of carbonyl (C=O) groups excluding carboxylic acids is 2. The van der Waals surface area contributed by atoms with Gasteiger partial charge in [-0.1, -0.05) is 84.5 Å². The lowest BCUT2D eigenvalue weighted by atomic mass is 9.69. The monoisotopic (exact) mass is 428 g/mol. The van der Waals surface area contributed by atoms with Gasteiger partial charge in [-0.2, -0.15) is 0 Å². The number of ether oxygens (including phenoxy) is 1. The van der Waals surface area contributed by atoms with Gasteiger partial charge in [0.25, 0.3) is 0 Å². The minimum Gasteiger partial charge on any atom is -0.467 e. The van der Waals surface area contributed by atoms with E-state index in [-0.39, 0.29) is 24.0 Å². The van der Waals surface area contributed by atoms with Crippen molar-refractivity contribution in [3.8, 4) is 0 Å². The molecule has 5 atom stereocenters. The second kappa shape index (κ2) is 8.65. The SMILES string of the molecule is COC(=O)C(NC(=O)N1C2CCC3=CC=CCC3C2=CC2C=CC=CC21)c1ccccc1. The lowest BCUT2D eigenvalue weighted by Crippen LogP contribution is -2.58. The number of amides is 2. The first-order valence-electron chi connectivity index (χ1n) is 11.3. The summed E-state index contributed by atoms with van der Waals surface area (Å²) in [4.78, 5) is 28.3. The van der Waals surface area contributed by atoms with Crippen LogP contribution in [0.15, 0.2) is 90.1 Å². The van der Waals surface area contributed by atoms with Crippen LogP contribution in [0.5, 0.6) is 0 Å². The average Bonchev–Trinajstić information content (AvgIpc) is 2.85. The highest BCUT2D eigenvalue weighted by Crippen LogP contribution is 2.45. The third-order valence-electron chi connectivity index (χ3n) is 7.02. The maximum atomic E-state index is 13.8. The van der Waals surface area contributed by atoms with Crippen LogP contribution in [0.2, 0.25) is 0 Å². The summed E-state index contributed by atoms with van der Waals surface area (Å²) in [5.74, 6) is 0.0228. The zero-order valence-corrected chi connectivity index (χ0v) is 18.2. The van der Waals surface area contributed by atoms with Crippen LogP contribution in [0.1, 0.15) is 30.9 Å². The van der Waals surface area contributed by atoms with E-state index in [1.54, 1.807) is 0 Å². The third kappa shape index (κ3) is 3.62. The molecule has 1 heterocycles. The van der Waals surface area contributed by atoms with Gasteiger partial charge in [0.2, 0.25) is 0 Å². The number of hydrogen-bond donors (Lipinski definition) is 1. The number of nitrogens with one attached hydrogen (secondary N) is 1. The van der Waals surface area contributed by atoms with Crippen molar-refractivity contribution >= 4 is 12.0 Å². The fourth-order valence-electron chi connectivity index (χ4n) is 5.50. The van der Waals surface area contributed by atoms with Gasteiger partial charge in [-0.05, 0) is 30.4 Å². The summed E-state index contributed by atoms with van der Waals surface area (Å²) in [5, 5.41) is 2.99. The maximum Gasteiger partial charge on any atom is 0.333 e. The second-order valence-corrected chi connectivity index (χ2v) is 8.74. The number of allylic oxidation sites excluding steroid dienone is 6. The highest BCUT2D eigenvalue weighted by atomic mass is 16.5. The molecular formula is C27H28N2O3. The Morgan fingerprint density at radius 1 is 1.12 bits per heavy atom. The highest BCUT2D eigenvalue weighted by molar-refractivity contribution is 5.85. The van der Waals surface area contributed by atoms with E-state index in [4.69, 9.17) is 4.74 Å². The quantitative estimate of drug-likeness (QED) is 0.564. The third-order valence-corrected chi connectivity index (χ3v) is 7.02. The van der Waals surface area contributed by atoms with Crippen LogP contribution in [-0.4, -0.2) is 36.1 Å². The summed E-state index contributed by atoms with van der Waals surface area (Å²) >= 11 is 0. The minimum atomic E-state index is -0.846. The molecule has 0 radical (unpaired) electrons. The van der Waals surface area contributed by atoms with Crippen molar-refractivity contribution in [1.29, 1.82) is 0 Å². The number of urea groups is 1. The Bertz CT molecular complexity index is 1050. The number of fused-ring (bicyclic) bond motifs is 4. The molecule has 3 aliphatic carbocycles. The van der Waals surface area contributed by atoms with Gasteiger partial charge < -0.3 is 15.0 Å². The fraction of sp³-hybridized carbons (Fsp3) is 0.333. The van der Waals surface area contributed by atoms with Crippen LogP contribution in [-0.2, 0) is 9.53 Å². The predicted molar refractivity (Wildman–Crippen MR) is 124 cm³/mol. The molecule has 4 aliphatic rings. The van der Waals surface area contributed by atoms with Gasteiger partial charge in [0.15, 0.2) is 6.04 Å². The number of carbonyl (C=O) groups is 2. The van der Waals surface area contributed by atoms with Gasteiger partial charge in [-0.3, -0.25) is 0 Å². The Morgan fingerprint density at radius 3 is 2.75 bits per heavy atom. The van der Waals surface area contributed by atoms with Crippen molar-refractivity contribution in [2.45, 2.75) is 37.4 Å². The summed E-state index contributed by atoms with van der Waals surface area (Å²) in [6.07, 6.45) is 20.2. The molecule has 5 unspecified atom stereocenters. The van der Waals surface area contributed by atoms with Crippen LogP contribution in [0, 0.1) is 11.8 Å². The number of esters is 1. The molecule has 2 amide bonds. The van der Waals surface area contributed by atoms with Crippen LogP contribution in [0.3, 0.4) is 0 Å². The Kier molecular flexibility index (Phi) is 5.56. The number of hydrogen-bond acceptors (Lipinski definition) is 3. The Hall–Kier alpha value is -3.34. The van der Waals surface area contributed by atoms with Crippen LogP contribution < -0.4 is 5.32 Å². The minimum absolute atomic E-state index is 0.0233. The lowest BCUT2D eigenvalue weighted by molar-refractivity contribution is -0.143. The summed E-state index contributed by atoms with van der Waals surface area (Å²) in [6.45, 7) is 0. The van der Waals surface area contributed by atoms with Crippen molar-refractivity contribution in [3.05, 3.63) is 95.6 Å². The summed E-state index contributed by atoms with van der Waals surface area (Å²) in [7, 11) is 1.35. The van der Waals surface area contributed by atoms with Crippen LogP contribution >= 0.6 is 0 Å². The molecule has 1 N–H and O–H groups in total. The van der Waals surface area contributed by atoms with E-state index in [0.29, 0.717) is 11.5 Å². The number of benzene rings is 1. The van der Waals surface area contributed by atoms with Gasteiger partial charge in [0, 0.05) is 11.8 Å². The van der Waals surface area contributed by atoms with Crippen molar-refractivity contribution in [1.82, 2.24) is 10.2 Å². The van der Waals surface area contributed by atoms with Gasteiger partial charge in [-0.25, -0.2) is 9.59 Å². The van der Waals surface area contributed by atoms with E-state index < -0.39 is 12.0 Å². The molecule has 0 spiro atoms. The van der Waals surface area contributed by atoms with Crippen LogP contribution in [0.25, 0.3) is 0 Å². The van der Waals surface area contributed by atoms with E-state index >= 15 is 0 Å². The summed E-state index contributed by atoms with van der Waals surface area (Å²) in [5.41, 5.74) is 3.50. The smallest absolute Gasteiger partial charge is 0.333 e. The lowest BCUT2D eigenvalue weighted by Gasteiger charge is -2.49. The molecule has 0 aromatic heterocycles. The molecule has 1 aromatic carbocycles. The summed E-state index contributed by atoms with van der Waals surface area (Å²) in [6, 6.07) is 8.16. The fourth-order valence-corrected chi connectivity index (χ4v) is 5.50. The standard InChI is InChI=1S/C27H28N2O3/c1-32-26(30)25(19-10-3-2-4-11-19)28-27(31)29-23-14-8-6-12-20(23)17-22-21-13-7-5-9-18(21)15-16-24(22)29/h2-12,14,17,20-21,23-25H,13,15-16H2,1H3,(H,28,31). The van der Waals surface area contributed by atoms with Gasteiger partial charge >= 0.3 is 12.0 Å². The summed E-state index contributed by atoms with van der Waals surface area (Å²) < 4.78 is 5.02. The van der Waals surface area contributed by atoms with Gasteiger partial charge in [-0.15, -0.1) is 0 Å². The van der Waals surface area contributed by atoms with Crippen molar-refractivity contribution in [3.63, 3.8) is 0 Å². The largest absolute Gasteiger partial charge is 0.467 e. The maximum absolute atomic E-state index is 13.8. The van der Waals surface area contributed by atoms with E-state index in [0.717, 1.165) is 19.3 Å². The van der Waals surface area contributed by atoms with E-state index in [1.165, 1.54) is 18.3 Å². The number of rotatable bonds is 3. The van der Waals surface area contributed by atoms with Crippen molar-refractivity contribution in [2.24, 2.45) is 11.8 Å². The van der Waals surface area contributed by atoms with Crippen molar-refractivity contribution in [2.75, 3.05) is 7.11 Å². The number of nitrogens with zero attached hydrogens (tertiary/aromatic N) is 1. The van der Waals surface area contributed by atoms with E-state index in [9.17, 15) is 9.59 Å². The molecular weight excluding hydrogens is 400 g/mol. The Morgan fingerprint density at radius 2 is 1.94 bits per heavy atom. The predicted octanol–water partition coefficient (Wildman–Crippen LogP) is 4.63. The Balaban J connectivity index is 1.48. The highest BCUT2D eigenvalue weighted by Gasteiger charge is 2.44. The van der Waals surface area contributed by atoms with E-state index in [1.807, 2.05) is 41.3 Å². The molecule has 1 fully saturated rings. The first kappa shape index (κ1) is 20.6. The van der Waals surface area contributed by atoms with Gasteiger partial charge in [0.05, 0.1) is 19.2 Å². The number of methoxy groups -OCH3 is 1. The van der Waals surface area contributed by atoms with Gasteiger partial charge in [0.1, 0.15) is 0 Å². The molecule has 164 valence electrons. The zero-order valence-electron chi connectivity index (χ0n) is 18.2. The molecule has 5 rings (SSSR count). The normalized spacial score (nSPS) is 28.5. The Labute approximate surface area is 188 Å². The molecule has 1 aliphatic heterocycles. The first-order valence-corrected chi connectivity index (χ1v) is 11.3. The molecule has 0 bridgehead atoms. The van der Waals surface area contributed by atoms with Crippen molar-refractivity contribution < 1.29 is 14.3 Å². The molecule has 32 heavy (non-hydrogen) atoms. The zero-order chi connectivity index (χ0) is 22.1. The first-order chi connectivity index (χ1) is 15.7. The van der Waals surface area contributed by atoms with Crippen LogP contribution in [0.4, 0.5) is 4.79 Å². The molecule has 1 aromatic rings. The molecule has 5 heteroatoms. The second-order valence-electron chi connectivity index (χ2n) is 8.74. The molecule has 5 nitrogen and oxygen atoms in total. The average molecular weight is 429 g/mol. The molecule has 1 saturated carbocycles. The topological polar surface area (TPSA) is 58.6 Å². The van der Waals surface area contributed by atoms with E-state index in [2.05, 4.69) is 47.8 Å².